The van der Waals surface area contributed by atoms with Crippen molar-refractivity contribution in [3.05, 3.63) is 77.5 Å². The summed E-state index contributed by atoms with van der Waals surface area (Å²) >= 11 is 0. The summed E-state index contributed by atoms with van der Waals surface area (Å²) in [7, 11) is 0. The predicted molar refractivity (Wildman–Crippen MR) is 132 cm³/mol. The Kier molecular flexibility index (Phi) is 5.41. The van der Waals surface area contributed by atoms with E-state index in [0.717, 1.165) is 41.9 Å². The highest BCUT2D eigenvalue weighted by molar-refractivity contribution is 6.09. The Labute approximate surface area is 202 Å². The van der Waals surface area contributed by atoms with Crippen LogP contribution in [0.3, 0.4) is 0 Å². The molecule has 2 fully saturated rings. The van der Waals surface area contributed by atoms with Crippen LogP contribution < -0.4 is 15.5 Å². The average molecular weight is 468 g/mol. The van der Waals surface area contributed by atoms with E-state index in [1.165, 1.54) is 0 Å². The Bertz CT molecular complexity index is 1390. The molecule has 1 aliphatic carbocycles. The molecule has 0 bridgehead atoms. The number of benzene rings is 2. The van der Waals surface area contributed by atoms with Crippen LogP contribution in [0.15, 0.2) is 65.2 Å². The number of pyridine rings is 1. The van der Waals surface area contributed by atoms with Gasteiger partial charge in [-0.25, -0.2) is 4.98 Å². The van der Waals surface area contributed by atoms with E-state index in [1.807, 2.05) is 65.6 Å². The molecule has 0 radical (unpaired) electrons. The molecule has 0 unspecified atom stereocenters. The minimum absolute atomic E-state index is 0.0328. The van der Waals surface area contributed by atoms with Gasteiger partial charge in [0.2, 0.25) is 5.91 Å². The van der Waals surface area contributed by atoms with Crippen LogP contribution in [0.25, 0.3) is 22.4 Å². The zero-order chi connectivity index (χ0) is 23.8. The summed E-state index contributed by atoms with van der Waals surface area (Å²) < 4.78 is 5.58. The summed E-state index contributed by atoms with van der Waals surface area (Å²) in [5.74, 6) is 0.225. The van der Waals surface area contributed by atoms with Crippen LogP contribution in [0.1, 0.15) is 40.4 Å². The molecule has 2 N–H and O–H groups in total. The zero-order valence-corrected chi connectivity index (χ0v) is 19.2. The molecule has 3 heterocycles. The van der Waals surface area contributed by atoms with E-state index in [2.05, 4.69) is 20.8 Å². The van der Waals surface area contributed by atoms with Crippen LogP contribution in [0.5, 0.6) is 0 Å². The van der Waals surface area contributed by atoms with Crippen LogP contribution in [0.4, 0.5) is 5.69 Å². The molecule has 2 aromatic carbocycles. The monoisotopic (exact) mass is 467 g/mol. The van der Waals surface area contributed by atoms with Crippen molar-refractivity contribution in [1.29, 1.82) is 0 Å². The number of nitrogens with one attached hydrogen (secondary N) is 2. The van der Waals surface area contributed by atoms with Crippen LogP contribution >= 0.6 is 0 Å². The van der Waals surface area contributed by atoms with Crippen molar-refractivity contribution < 1.29 is 14.1 Å². The molecule has 1 saturated heterocycles. The molecule has 4 aromatic rings. The number of rotatable bonds is 6. The Morgan fingerprint density at radius 3 is 2.66 bits per heavy atom. The molecule has 2 aliphatic rings. The fraction of sp³-hybridized carbons (Fsp3) is 0.259. The van der Waals surface area contributed by atoms with Gasteiger partial charge >= 0.3 is 0 Å². The molecule has 35 heavy (non-hydrogen) atoms. The van der Waals surface area contributed by atoms with Gasteiger partial charge in [0.15, 0.2) is 0 Å². The molecule has 1 aliphatic heterocycles. The normalized spacial score (nSPS) is 15.8. The van der Waals surface area contributed by atoms with Gasteiger partial charge in [-0.1, -0.05) is 47.6 Å². The van der Waals surface area contributed by atoms with Crippen molar-refractivity contribution in [2.45, 2.75) is 25.3 Å². The number of nitrogens with zero attached hydrogens (tertiary/aromatic N) is 3. The predicted octanol–water partition coefficient (Wildman–Crippen LogP) is 3.63. The van der Waals surface area contributed by atoms with Gasteiger partial charge in [0.05, 0.1) is 17.5 Å². The lowest BCUT2D eigenvalue weighted by Gasteiger charge is -2.28. The smallest absolute Gasteiger partial charge is 0.259 e. The fourth-order valence-corrected chi connectivity index (χ4v) is 4.49. The SMILES string of the molecule is O=C1CN(c2ccc(CNC(=O)c3cc(C4CC4)nc4onc(-c5ccccc5)c34)cc2)CCN1. The standard InChI is InChI=1S/C27H25N5O3/c33-23-16-32(13-12-28-23)20-10-6-17(7-11-20)15-29-26(34)21-14-22(18-8-9-18)30-27-24(21)25(31-35-27)19-4-2-1-3-5-19/h1-7,10-11,14,18H,8-9,12-13,15-16H2,(H,28,33)(H,29,34). The van der Waals surface area contributed by atoms with Crippen molar-refractivity contribution >= 4 is 28.6 Å². The van der Waals surface area contributed by atoms with Gasteiger partial charge in [0.25, 0.3) is 11.6 Å². The number of carbonyl (C=O) groups excluding carboxylic acids is 2. The second-order valence-electron chi connectivity index (χ2n) is 9.07. The van der Waals surface area contributed by atoms with Gasteiger partial charge in [0.1, 0.15) is 5.69 Å². The highest BCUT2D eigenvalue weighted by Crippen LogP contribution is 2.41. The number of amides is 2. The Morgan fingerprint density at radius 1 is 1.11 bits per heavy atom. The summed E-state index contributed by atoms with van der Waals surface area (Å²) in [4.78, 5) is 31.8. The van der Waals surface area contributed by atoms with Gasteiger partial charge in [0, 0.05) is 42.5 Å². The quantitative estimate of drug-likeness (QED) is 0.449. The third-order valence-electron chi connectivity index (χ3n) is 6.55. The molecule has 0 atom stereocenters. The first kappa shape index (κ1) is 21.3. The topological polar surface area (TPSA) is 100 Å². The van der Waals surface area contributed by atoms with Crippen molar-refractivity contribution in [3.8, 4) is 11.3 Å². The number of carbonyl (C=O) groups is 2. The van der Waals surface area contributed by atoms with E-state index in [4.69, 9.17) is 4.52 Å². The number of anilines is 1. The second-order valence-corrected chi connectivity index (χ2v) is 9.07. The Balaban J connectivity index is 1.25. The minimum Gasteiger partial charge on any atom is -0.360 e. The minimum atomic E-state index is -0.184. The summed E-state index contributed by atoms with van der Waals surface area (Å²) in [6.45, 7) is 2.17. The molecule has 8 nitrogen and oxygen atoms in total. The van der Waals surface area contributed by atoms with Crippen LogP contribution in [-0.2, 0) is 11.3 Å². The first-order chi connectivity index (χ1) is 17.2. The number of hydrogen-bond acceptors (Lipinski definition) is 6. The van der Waals surface area contributed by atoms with E-state index < -0.39 is 0 Å². The van der Waals surface area contributed by atoms with E-state index in [-0.39, 0.29) is 11.8 Å². The van der Waals surface area contributed by atoms with E-state index in [9.17, 15) is 9.59 Å². The first-order valence-electron chi connectivity index (χ1n) is 11.9. The largest absolute Gasteiger partial charge is 0.360 e. The van der Waals surface area contributed by atoms with E-state index >= 15 is 0 Å². The molecule has 1 saturated carbocycles. The lowest BCUT2D eigenvalue weighted by molar-refractivity contribution is -0.120. The maximum atomic E-state index is 13.4. The number of hydrogen-bond donors (Lipinski definition) is 2. The summed E-state index contributed by atoms with van der Waals surface area (Å²) in [5, 5.41) is 10.8. The van der Waals surface area contributed by atoms with Gasteiger partial charge in [-0.3, -0.25) is 9.59 Å². The number of piperazine rings is 1. The molecule has 6 rings (SSSR count). The molecule has 8 heteroatoms. The molecule has 0 spiro atoms. The third-order valence-corrected chi connectivity index (χ3v) is 6.55. The van der Waals surface area contributed by atoms with Crippen molar-refractivity contribution in [2.24, 2.45) is 0 Å². The van der Waals surface area contributed by atoms with Gasteiger partial charge in [-0.15, -0.1) is 0 Å². The molecular formula is C27H25N5O3. The lowest BCUT2D eigenvalue weighted by Crippen LogP contribution is -2.47. The highest BCUT2D eigenvalue weighted by Gasteiger charge is 2.29. The van der Waals surface area contributed by atoms with Crippen molar-refractivity contribution in [1.82, 2.24) is 20.8 Å². The summed E-state index contributed by atoms with van der Waals surface area (Å²) in [6.07, 6.45) is 2.15. The lowest BCUT2D eigenvalue weighted by atomic mass is 10.0. The van der Waals surface area contributed by atoms with Crippen molar-refractivity contribution in [3.63, 3.8) is 0 Å². The van der Waals surface area contributed by atoms with Crippen molar-refractivity contribution in [2.75, 3.05) is 24.5 Å². The second kappa shape index (κ2) is 8.87. The maximum absolute atomic E-state index is 13.4. The summed E-state index contributed by atoms with van der Waals surface area (Å²) in [6, 6.07) is 19.5. The molecule has 2 aromatic heterocycles. The molecular weight excluding hydrogens is 442 g/mol. The molecule has 176 valence electrons. The van der Waals surface area contributed by atoms with E-state index in [1.54, 1.807) is 0 Å². The maximum Gasteiger partial charge on any atom is 0.259 e. The Hall–Kier alpha value is -4.20. The van der Waals surface area contributed by atoms with Crippen LogP contribution in [0.2, 0.25) is 0 Å². The van der Waals surface area contributed by atoms with Gasteiger partial charge in [-0.2, -0.15) is 0 Å². The van der Waals surface area contributed by atoms with Crippen LogP contribution in [0, 0.1) is 0 Å². The average Bonchev–Trinajstić information content (AvgIpc) is 3.66. The van der Waals surface area contributed by atoms with E-state index in [0.29, 0.717) is 47.9 Å². The van der Waals surface area contributed by atoms with Crippen LogP contribution in [-0.4, -0.2) is 41.6 Å². The Morgan fingerprint density at radius 2 is 1.91 bits per heavy atom. The van der Waals surface area contributed by atoms with Gasteiger partial charge in [-0.05, 0) is 36.6 Å². The fourth-order valence-electron chi connectivity index (χ4n) is 4.49. The molecule has 2 amide bonds. The van der Waals surface area contributed by atoms with Gasteiger partial charge < -0.3 is 20.1 Å². The number of aromatic nitrogens is 2. The summed E-state index contributed by atoms with van der Waals surface area (Å²) in [5.41, 5.74) is 5.29. The number of fused-ring (bicyclic) bond motifs is 1. The third kappa shape index (κ3) is 4.35. The zero-order valence-electron chi connectivity index (χ0n) is 19.2. The highest BCUT2D eigenvalue weighted by atomic mass is 16.5. The first-order valence-corrected chi connectivity index (χ1v) is 11.9.